The van der Waals surface area contributed by atoms with Crippen LogP contribution in [0.25, 0.3) is 0 Å². The second-order valence-corrected chi connectivity index (χ2v) is 6.72. The highest BCUT2D eigenvalue weighted by Crippen LogP contribution is 2.46. The molecule has 0 aromatic heterocycles. The predicted molar refractivity (Wildman–Crippen MR) is 92.2 cm³/mol. The molecule has 4 heteroatoms. The van der Waals surface area contributed by atoms with Crippen LogP contribution in [0.5, 0.6) is 11.5 Å². The van der Waals surface area contributed by atoms with Gasteiger partial charge >= 0.3 is 0 Å². The first-order valence-corrected chi connectivity index (χ1v) is 8.85. The van der Waals surface area contributed by atoms with Crippen molar-refractivity contribution in [3.63, 3.8) is 0 Å². The fourth-order valence-electron chi connectivity index (χ4n) is 2.57. The zero-order valence-electron chi connectivity index (χ0n) is 12.7. The molecule has 0 saturated heterocycles. The molecule has 0 N–H and O–H groups in total. The average Bonchev–Trinajstić information content (AvgIpc) is 2.46. The molecule has 0 radical (unpaired) electrons. The van der Waals surface area contributed by atoms with Crippen LogP contribution in [-0.4, -0.2) is 14.2 Å². The minimum Gasteiger partial charge on any atom is -0.495 e. The van der Waals surface area contributed by atoms with E-state index < -0.39 is 0 Å². The van der Waals surface area contributed by atoms with Crippen molar-refractivity contribution in [3.05, 3.63) is 22.2 Å². The predicted octanol–water partition coefficient (Wildman–Crippen LogP) is 6.12. The molecule has 1 unspecified atom stereocenters. The first kappa shape index (κ1) is 17.8. The van der Waals surface area contributed by atoms with Gasteiger partial charge in [-0.05, 0) is 40.8 Å². The number of benzene rings is 1. The SMILES string of the molecule is CCCC(CCC)C(Br)c1ccc(OC)c(Br)c1OC. The number of ether oxygens (including phenoxy) is 2. The van der Waals surface area contributed by atoms with Crippen LogP contribution in [0, 0.1) is 5.92 Å². The van der Waals surface area contributed by atoms with Crippen molar-refractivity contribution in [3.8, 4) is 11.5 Å². The molecule has 0 heterocycles. The summed E-state index contributed by atoms with van der Waals surface area (Å²) in [6, 6.07) is 4.09. The highest BCUT2D eigenvalue weighted by atomic mass is 79.9. The van der Waals surface area contributed by atoms with E-state index in [1.165, 1.54) is 31.2 Å². The highest BCUT2D eigenvalue weighted by Gasteiger charge is 2.24. The molecule has 1 rings (SSSR count). The van der Waals surface area contributed by atoms with Crippen molar-refractivity contribution in [1.82, 2.24) is 0 Å². The first-order chi connectivity index (χ1) is 9.60. The Morgan fingerprint density at radius 1 is 1.05 bits per heavy atom. The Labute approximate surface area is 139 Å². The Balaban J connectivity index is 3.13. The molecule has 1 aromatic carbocycles. The second-order valence-electron chi connectivity index (χ2n) is 4.94. The summed E-state index contributed by atoms with van der Waals surface area (Å²) >= 11 is 7.46. The minimum absolute atomic E-state index is 0.305. The topological polar surface area (TPSA) is 18.5 Å². The molecule has 1 atom stereocenters. The Hall–Kier alpha value is -0.220. The Bertz CT molecular complexity index is 415. The summed E-state index contributed by atoms with van der Waals surface area (Å²) in [5.41, 5.74) is 1.19. The monoisotopic (exact) mass is 406 g/mol. The van der Waals surface area contributed by atoms with Gasteiger partial charge in [0.1, 0.15) is 16.0 Å². The van der Waals surface area contributed by atoms with Crippen LogP contribution in [0.1, 0.15) is 49.9 Å². The maximum atomic E-state index is 5.59. The lowest BCUT2D eigenvalue weighted by molar-refractivity contribution is 0.376. The number of hydrogen-bond donors (Lipinski definition) is 0. The molecule has 114 valence electrons. The number of halogens is 2. The van der Waals surface area contributed by atoms with Gasteiger partial charge in [0.25, 0.3) is 0 Å². The second kappa shape index (κ2) is 8.93. The number of methoxy groups -OCH3 is 2. The quantitative estimate of drug-likeness (QED) is 0.483. The molecule has 0 aliphatic rings. The summed E-state index contributed by atoms with van der Waals surface area (Å²) in [5, 5.41) is 0. The maximum absolute atomic E-state index is 5.59. The molecule has 20 heavy (non-hydrogen) atoms. The lowest BCUT2D eigenvalue weighted by Crippen LogP contribution is -2.09. The van der Waals surface area contributed by atoms with Crippen LogP contribution >= 0.6 is 31.9 Å². The minimum atomic E-state index is 0.305. The number of rotatable bonds is 8. The zero-order chi connectivity index (χ0) is 15.1. The third-order valence-corrected chi connectivity index (χ3v) is 5.54. The van der Waals surface area contributed by atoms with E-state index in [1.807, 2.05) is 6.07 Å². The van der Waals surface area contributed by atoms with Crippen molar-refractivity contribution >= 4 is 31.9 Å². The van der Waals surface area contributed by atoms with Crippen molar-refractivity contribution in [2.75, 3.05) is 14.2 Å². The standard InChI is InChI=1S/C16H24Br2O2/c1-5-7-11(8-6-2)14(17)12-9-10-13(19-3)15(18)16(12)20-4/h9-11,14H,5-8H2,1-4H3. The van der Waals surface area contributed by atoms with Crippen LogP contribution in [0.2, 0.25) is 0 Å². The van der Waals surface area contributed by atoms with Gasteiger partial charge in [-0.2, -0.15) is 0 Å². The van der Waals surface area contributed by atoms with Crippen molar-refractivity contribution in [1.29, 1.82) is 0 Å². The van der Waals surface area contributed by atoms with Crippen LogP contribution in [0.4, 0.5) is 0 Å². The Kier molecular flexibility index (Phi) is 7.96. The molecule has 0 aliphatic carbocycles. The summed E-state index contributed by atoms with van der Waals surface area (Å²) in [6.07, 6.45) is 4.84. The molecule has 0 aliphatic heterocycles. The fraction of sp³-hybridized carbons (Fsp3) is 0.625. The van der Waals surface area contributed by atoms with Gasteiger partial charge in [0.15, 0.2) is 0 Å². The number of alkyl halides is 1. The average molecular weight is 408 g/mol. The molecule has 0 amide bonds. The lowest BCUT2D eigenvalue weighted by Gasteiger charge is -2.24. The van der Waals surface area contributed by atoms with Gasteiger partial charge in [0.2, 0.25) is 0 Å². The molecule has 1 aromatic rings. The number of hydrogen-bond acceptors (Lipinski definition) is 2. The van der Waals surface area contributed by atoms with E-state index in [9.17, 15) is 0 Å². The summed E-state index contributed by atoms with van der Waals surface area (Å²) in [4.78, 5) is 0.305. The molecule has 0 spiro atoms. The van der Waals surface area contributed by atoms with Gasteiger partial charge in [-0.15, -0.1) is 0 Å². The third kappa shape index (κ3) is 4.14. The van der Waals surface area contributed by atoms with E-state index in [0.29, 0.717) is 10.7 Å². The van der Waals surface area contributed by atoms with Gasteiger partial charge < -0.3 is 9.47 Å². The van der Waals surface area contributed by atoms with Crippen molar-refractivity contribution in [2.45, 2.75) is 44.4 Å². The smallest absolute Gasteiger partial charge is 0.141 e. The first-order valence-electron chi connectivity index (χ1n) is 7.15. The summed E-state index contributed by atoms with van der Waals surface area (Å²) in [5.74, 6) is 2.29. The van der Waals surface area contributed by atoms with Gasteiger partial charge in [-0.1, -0.05) is 48.7 Å². The highest BCUT2D eigenvalue weighted by molar-refractivity contribution is 9.10. The molecule has 0 fully saturated rings. The summed E-state index contributed by atoms with van der Waals surface area (Å²) in [7, 11) is 3.37. The van der Waals surface area contributed by atoms with Gasteiger partial charge in [-0.3, -0.25) is 0 Å². The van der Waals surface area contributed by atoms with E-state index in [2.05, 4.69) is 51.8 Å². The fourth-order valence-corrected chi connectivity index (χ4v) is 4.14. The Morgan fingerprint density at radius 2 is 1.65 bits per heavy atom. The van der Waals surface area contributed by atoms with E-state index >= 15 is 0 Å². The molecular weight excluding hydrogens is 384 g/mol. The van der Waals surface area contributed by atoms with E-state index in [1.54, 1.807) is 14.2 Å². The molecule has 2 nitrogen and oxygen atoms in total. The lowest BCUT2D eigenvalue weighted by atomic mass is 9.90. The molecular formula is C16H24Br2O2. The normalized spacial score (nSPS) is 12.6. The largest absolute Gasteiger partial charge is 0.495 e. The van der Waals surface area contributed by atoms with E-state index in [0.717, 1.165) is 16.0 Å². The van der Waals surface area contributed by atoms with Gasteiger partial charge in [0, 0.05) is 10.4 Å². The van der Waals surface area contributed by atoms with E-state index in [4.69, 9.17) is 9.47 Å². The van der Waals surface area contributed by atoms with Crippen molar-refractivity contribution in [2.24, 2.45) is 5.92 Å². The summed E-state index contributed by atoms with van der Waals surface area (Å²) in [6.45, 7) is 4.48. The zero-order valence-corrected chi connectivity index (χ0v) is 15.9. The summed E-state index contributed by atoms with van der Waals surface area (Å²) < 4.78 is 11.8. The third-order valence-electron chi connectivity index (χ3n) is 3.55. The maximum Gasteiger partial charge on any atom is 0.141 e. The van der Waals surface area contributed by atoms with Crippen LogP contribution in [0.3, 0.4) is 0 Å². The van der Waals surface area contributed by atoms with E-state index in [-0.39, 0.29) is 0 Å². The van der Waals surface area contributed by atoms with Crippen LogP contribution in [0.15, 0.2) is 16.6 Å². The van der Waals surface area contributed by atoms with Crippen LogP contribution in [-0.2, 0) is 0 Å². The Morgan fingerprint density at radius 3 is 2.10 bits per heavy atom. The van der Waals surface area contributed by atoms with Crippen LogP contribution < -0.4 is 9.47 Å². The van der Waals surface area contributed by atoms with Gasteiger partial charge in [-0.25, -0.2) is 0 Å². The molecule has 0 bridgehead atoms. The van der Waals surface area contributed by atoms with Gasteiger partial charge in [0.05, 0.1) is 14.2 Å². The van der Waals surface area contributed by atoms with Crippen molar-refractivity contribution < 1.29 is 9.47 Å². The molecule has 0 saturated carbocycles.